The van der Waals surface area contributed by atoms with E-state index in [2.05, 4.69) is 16.1 Å². The molecule has 1 aromatic heterocycles. The molecule has 30 heavy (non-hydrogen) atoms. The number of hydrogen-bond donors (Lipinski definition) is 0. The molecule has 3 fully saturated rings. The van der Waals surface area contributed by atoms with E-state index in [-0.39, 0.29) is 11.8 Å². The Kier molecular flexibility index (Phi) is 5.89. The van der Waals surface area contributed by atoms with E-state index in [1.165, 1.54) is 49.6 Å². The van der Waals surface area contributed by atoms with Gasteiger partial charge in [-0.15, -0.1) is 11.8 Å². The first-order chi connectivity index (χ1) is 14.7. The predicted molar refractivity (Wildman–Crippen MR) is 116 cm³/mol. The molecule has 0 spiro atoms. The van der Waals surface area contributed by atoms with Crippen LogP contribution < -0.4 is 0 Å². The number of thioether (sulfide) groups is 1. The lowest BCUT2D eigenvalue weighted by molar-refractivity contribution is -0.139. The molecule has 1 saturated carbocycles. The molecule has 0 aromatic carbocycles. The third kappa shape index (κ3) is 3.93. The molecule has 162 valence electrons. The van der Waals surface area contributed by atoms with Gasteiger partial charge in [0.1, 0.15) is 0 Å². The van der Waals surface area contributed by atoms with Crippen molar-refractivity contribution in [2.75, 3.05) is 25.4 Å². The van der Waals surface area contributed by atoms with Crippen molar-refractivity contribution in [3.05, 3.63) is 29.0 Å². The Hall–Kier alpha value is -1.76. The highest BCUT2D eigenvalue weighted by Gasteiger charge is 2.39. The zero-order chi connectivity index (χ0) is 20.5. The summed E-state index contributed by atoms with van der Waals surface area (Å²) in [6.45, 7) is 2.42. The van der Waals surface area contributed by atoms with Gasteiger partial charge in [-0.25, -0.2) is 0 Å². The Bertz CT molecular complexity index is 799. The number of aromatic nitrogens is 1. The first-order valence-corrected chi connectivity index (χ1v) is 12.5. The van der Waals surface area contributed by atoms with Crippen molar-refractivity contribution in [1.29, 1.82) is 0 Å². The molecule has 3 aliphatic heterocycles. The van der Waals surface area contributed by atoms with Gasteiger partial charge in [0.25, 0.3) is 5.91 Å². The number of nitrogens with zero attached hydrogens (tertiary/aromatic N) is 3. The molecule has 2 amide bonds. The molecule has 0 radical (unpaired) electrons. The Morgan fingerprint density at radius 1 is 1.03 bits per heavy atom. The van der Waals surface area contributed by atoms with Gasteiger partial charge in [-0.05, 0) is 55.3 Å². The lowest BCUT2D eigenvalue weighted by Gasteiger charge is -2.44. The molecule has 4 aliphatic rings. The number of allylic oxidation sites excluding steroid dienone is 1. The van der Waals surface area contributed by atoms with E-state index >= 15 is 0 Å². The molecule has 3 atom stereocenters. The van der Waals surface area contributed by atoms with Crippen molar-refractivity contribution < 1.29 is 14.1 Å². The second-order valence-corrected chi connectivity index (χ2v) is 10.3. The highest BCUT2D eigenvalue weighted by molar-refractivity contribution is 8.03. The van der Waals surface area contributed by atoms with Crippen molar-refractivity contribution in [2.45, 2.75) is 57.4 Å². The van der Waals surface area contributed by atoms with Crippen LogP contribution in [-0.4, -0.2) is 58.2 Å². The summed E-state index contributed by atoms with van der Waals surface area (Å²) in [5.74, 6) is 2.75. The molecule has 4 heterocycles. The van der Waals surface area contributed by atoms with Crippen LogP contribution >= 0.6 is 11.8 Å². The van der Waals surface area contributed by atoms with Crippen molar-refractivity contribution in [3.63, 3.8) is 0 Å². The Morgan fingerprint density at radius 3 is 2.63 bits per heavy atom. The second-order valence-electron chi connectivity index (χ2n) is 9.22. The summed E-state index contributed by atoms with van der Waals surface area (Å²) in [5.41, 5.74) is 0. The van der Waals surface area contributed by atoms with Gasteiger partial charge in [0.15, 0.2) is 0 Å². The molecule has 0 bridgehead atoms. The van der Waals surface area contributed by atoms with Crippen LogP contribution in [-0.2, 0) is 4.79 Å². The minimum absolute atomic E-state index is 0.0412. The van der Waals surface area contributed by atoms with Crippen LogP contribution in [0.3, 0.4) is 0 Å². The maximum absolute atomic E-state index is 13.4. The summed E-state index contributed by atoms with van der Waals surface area (Å²) in [5, 5.41) is 3.63. The standard InChI is InChI=1S/C23H31N3O3S/c27-22(26-11-3-5-16-4-1-2-6-19(16)26)18-14-21(30-15-18)17-8-12-25(13-9-17)23(28)20-7-10-24-29-20/h7,10,14,16-19H,1-6,8-9,11-13,15H2. The highest BCUT2D eigenvalue weighted by atomic mass is 32.2. The molecule has 2 saturated heterocycles. The first kappa shape index (κ1) is 20.2. The molecular weight excluding hydrogens is 398 g/mol. The lowest BCUT2D eigenvalue weighted by atomic mass is 9.78. The Labute approximate surface area is 182 Å². The van der Waals surface area contributed by atoms with Crippen LogP contribution in [0.15, 0.2) is 27.8 Å². The quantitative estimate of drug-likeness (QED) is 0.728. The average Bonchev–Trinajstić information content (AvgIpc) is 3.50. The summed E-state index contributed by atoms with van der Waals surface area (Å²) in [6, 6.07) is 2.12. The summed E-state index contributed by atoms with van der Waals surface area (Å²) in [4.78, 5) is 31.3. The fraction of sp³-hybridized carbons (Fsp3) is 0.696. The number of carbonyl (C=O) groups is 2. The lowest BCUT2D eigenvalue weighted by Crippen LogP contribution is -2.51. The van der Waals surface area contributed by atoms with Crippen LogP contribution in [0, 0.1) is 17.8 Å². The Balaban J connectivity index is 1.18. The SMILES string of the molecule is O=C(c1ccno1)N1CCC(C2=CC(C(=O)N3CCCC4CCCCC43)CS2)CC1. The molecular formula is C23H31N3O3S. The molecule has 0 N–H and O–H groups in total. The van der Waals surface area contributed by atoms with Gasteiger partial charge < -0.3 is 14.3 Å². The third-order valence-electron chi connectivity index (χ3n) is 7.47. The van der Waals surface area contributed by atoms with Gasteiger partial charge in [0.05, 0.1) is 12.1 Å². The molecule has 1 aromatic rings. The van der Waals surface area contributed by atoms with Crippen LogP contribution in [0.25, 0.3) is 0 Å². The molecule has 3 unspecified atom stereocenters. The van der Waals surface area contributed by atoms with Crippen LogP contribution in [0.1, 0.15) is 61.9 Å². The van der Waals surface area contributed by atoms with Crippen LogP contribution in [0.5, 0.6) is 0 Å². The molecule has 5 rings (SSSR count). The normalized spacial score (nSPS) is 30.1. The average molecular weight is 430 g/mol. The van der Waals surface area contributed by atoms with Gasteiger partial charge in [0.2, 0.25) is 11.7 Å². The van der Waals surface area contributed by atoms with E-state index in [0.29, 0.717) is 23.6 Å². The van der Waals surface area contributed by atoms with E-state index in [1.54, 1.807) is 6.07 Å². The van der Waals surface area contributed by atoms with Crippen LogP contribution in [0.4, 0.5) is 0 Å². The van der Waals surface area contributed by atoms with Crippen molar-refractivity contribution in [2.24, 2.45) is 17.8 Å². The number of fused-ring (bicyclic) bond motifs is 1. The molecule has 6 nitrogen and oxygen atoms in total. The van der Waals surface area contributed by atoms with E-state index in [0.717, 1.165) is 44.1 Å². The second kappa shape index (κ2) is 8.77. The number of piperidine rings is 2. The van der Waals surface area contributed by atoms with E-state index in [9.17, 15) is 9.59 Å². The van der Waals surface area contributed by atoms with E-state index in [4.69, 9.17) is 4.52 Å². The largest absolute Gasteiger partial charge is 0.351 e. The molecule has 1 aliphatic carbocycles. The maximum atomic E-state index is 13.4. The van der Waals surface area contributed by atoms with E-state index < -0.39 is 0 Å². The van der Waals surface area contributed by atoms with Crippen molar-refractivity contribution >= 4 is 23.6 Å². The first-order valence-electron chi connectivity index (χ1n) is 11.6. The Morgan fingerprint density at radius 2 is 1.83 bits per heavy atom. The number of carbonyl (C=O) groups excluding carboxylic acids is 2. The zero-order valence-electron chi connectivity index (χ0n) is 17.5. The van der Waals surface area contributed by atoms with Gasteiger partial charge in [-0.2, -0.15) is 0 Å². The minimum Gasteiger partial charge on any atom is -0.351 e. The summed E-state index contributed by atoms with van der Waals surface area (Å²) in [7, 11) is 0. The van der Waals surface area contributed by atoms with Crippen LogP contribution in [0.2, 0.25) is 0 Å². The minimum atomic E-state index is -0.0702. The van der Waals surface area contributed by atoms with Gasteiger partial charge in [0, 0.05) is 37.5 Å². The summed E-state index contributed by atoms with van der Waals surface area (Å²) >= 11 is 1.87. The zero-order valence-corrected chi connectivity index (χ0v) is 18.3. The number of likely N-dealkylation sites (tertiary alicyclic amines) is 2. The van der Waals surface area contributed by atoms with Gasteiger partial charge in [-0.3, -0.25) is 9.59 Å². The van der Waals surface area contributed by atoms with Gasteiger partial charge >= 0.3 is 0 Å². The summed E-state index contributed by atoms with van der Waals surface area (Å²) in [6.07, 6.45) is 13.3. The maximum Gasteiger partial charge on any atom is 0.292 e. The topological polar surface area (TPSA) is 66.7 Å². The van der Waals surface area contributed by atoms with Crippen molar-refractivity contribution in [3.8, 4) is 0 Å². The highest BCUT2D eigenvalue weighted by Crippen LogP contribution is 2.42. The van der Waals surface area contributed by atoms with Gasteiger partial charge in [-0.1, -0.05) is 24.1 Å². The number of hydrogen-bond acceptors (Lipinski definition) is 5. The monoisotopic (exact) mass is 429 g/mol. The predicted octanol–water partition coefficient (Wildman–Crippen LogP) is 3.95. The van der Waals surface area contributed by atoms with Crippen molar-refractivity contribution in [1.82, 2.24) is 15.0 Å². The fourth-order valence-electron chi connectivity index (χ4n) is 5.84. The smallest absolute Gasteiger partial charge is 0.292 e. The van der Waals surface area contributed by atoms with E-state index in [1.807, 2.05) is 16.7 Å². The number of amides is 2. The summed E-state index contributed by atoms with van der Waals surface area (Å²) < 4.78 is 5.01. The number of rotatable bonds is 3. The molecule has 7 heteroatoms. The third-order valence-corrected chi connectivity index (χ3v) is 8.80. The fourth-order valence-corrected chi connectivity index (χ4v) is 7.18.